The summed E-state index contributed by atoms with van der Waals surface area (Å²) in [7, 11) is 1.37. The second-order valence-electron chi connectivity index (χ2n) is 8.46. The van der Waals surface area contributed by atoms with Crippen molar-refractivity contribution in [2.45, 2.75) is 26.3 Å². The SMILES string of the molecule is CCc1ccc(C2/C(=C(\O)c3cc(Cl)cc(Cl)c3OC)C(=O)C(=O)N2c2cccc(NC(C)=O)c2)cc1. The molecule has 0 radical (unpaired) electrons. The standard InChI is InChI=1S/C28H24Cl2N2O5/c1-4-16-8-10-17(11-9-16)24-23(25(34)21-12-18(29)13-22(30)27(21)37-3)26(35)28(36)32(24)20-7-5-6-19(14-20)31-15(2)33/h5-14,24,34H,4H2,1-3H3,(H,31,33)/b25-23+. The van der Waals surface area contributed by atoms with Crippen LogP contribution in [-0.2, 0) is 20.8 Å². The molecule has 1 aliphatic heterocycles. The summed E-state index contributed by atoms with van der Waals surface area (Å²) < 4.78 is 5.37. The van der Waals surface area contributed by atoms with Crippen LogP contribution in [0.15, 0.2) is 66.2 Å². The Balaban J connectivity index is 1.97. The molecule has 0 aromatic heterocycles. The Morgan fingerprint density at radius 1 is 1.08 bits per heavy atom. The second-order valence-corrected chi connectivity index (χ2v) is 9.31. The number of nitrogens with zero attached hydrogens (tertiary/aromatic N) is 1. The number of halogens is 2. The summed E-state index contributed by atoms with van der Waals surface area (Å²) in [4.78, 5) is 39.8. The fourth-order valence-electron chi connectivity index (χ4n) is 4.38. The number of aliphatic hydroxyl groups excluding tert-OH is 1. The molecule has 190 valence electrons. The van der Waals surface area contributed by atoms with Crippen LogP contribution >= 0.6 is 23.2 Å². The normalized spacial score (nSPS) is 16.7. The number of aliphatic hydroxyl groups is 1. The van der Waals surface area contributed by atoms with E-state index < -0.39 is 23.5 Å². The molecule has 37 heavy (non-hydrogen) atoms. The first-order chi connectivity index (χ1) is 17.7. The molecule has 1 unspecified atom stereocenters. The highest BCUT2D eigenvalue weighted by atomic mass is 35.5. The molecule has 1 heterocycles. The summed E-state index contributed by atoms with van der Waals surface area (Å²) in [6, 6.07) is 15.9. The number of hydrogen-bond acceptors (Lipinski definition) is 5. The van der Waals surface area contributed by atoms with Crippen molar-refractivity contribution in [3.8, 4) is 5.75 Å². The lowest BCUT2D eigenvalue weighted by Crippen LogP contribution is -2.29. The van der Waals surface area contributed by atoms with E-state index in [0.29, 0.717) is 16.9 Å². The third kappa shape index (κ3) is 5.05. The average molecular weight is 539 g/mol. The quantitative estimate of drug-likeness (QED) is 0.223. The molecule has 1 fully saturated rings. The number of benzene rings is 3. The smallest absolute Gasteiger partial charge is 0.300 e. The van der Waals surface area contributed by atoms with Crippen LogP contribution in [0, 0.1) is 0 Å². The Hall–Kier alpha value is -3.81. The highest BCUT2D eigenvalue weighted by Crippen LogP contribution is 2.45. The number of carbonyl (C=O) groups is 3. The average Bonchev–Trinajstić information content (AvgIpc) is 3.13. The van der Waals surface area contributed by atoms with Gasteiger partial charge in [0.05, 0.1) is 29.3 Å². The fourth-order valence-corrected chi connectivity index (χ4v) is 4.95. The van der Waals surface area contributed by atoms with Crippen LogP contribution in [-0.4, -0.2) is 29.8 Å². The number of aryl methyl sites for hydroxylation is 1. The van der Waals surface area contributed by atoms with E-state index >= 15 is 0 Å². The number of ketones is 1. The molecule has 1 atom stereocenters. The Morgan fingerprint density at radius 3 is 2.41 bits per heavy atom. The second kappa shape index (κ2) is 10.7. The Kier molecular flexibility index (Phi) is 7.57. The molecule has 1 aliphatic rings. The van der Waals surface area contributed by atoms with Crippen LogP contribution in [0.3, 0.4) is 0 Å². The van der Waals surface area contributed by atoms with Gasteiger partial charge in [-0.3, -0.25) is 19.3 Å². The summed E-state index contributed by atoms with van der Waals surface area (Å²) in [5, 5.41) is 14.5. The van der Waals surface area contributed by atoms with E-state index in [-0.39, 0.29) is 32.8 Å². The van der Waals surface area contributed by atoms with E-state index in [1.165, 1.54) is 31.1 Å². The van der Waals surface area contributed by atoms with Gasteiger partial charge in [-0.15, -0.1) is 0 Å². The third-order valence-electron chi connectivity index (χ3n) is 6.06. The summed E-state index contributed by atoms with van der Waals surface area (Å²) in [5.74, 6) is -2.36. The summed E-state index contributed by atoms with van der Waals surface area (Å²) in [5.41, 5.74) is 2.44. The molecule has 4 rings (SSSR count). The molecule has 3 aromatic carbocycles. The molecule has 2 N–H and O–H groups in total. The lowest BCUT2D eigenvalue weighted by molar-refractivity contribution is -0.132. The lowest BCUT2D eigenvalue weighted by Gasteiger charge is -2.26. The van der Waals surface area contributed by atoms with Crippen molar-refractivity contribution < 1.29 is 24.2 Å². The minimum Gasteiger partial charge on any atom is -0.507 e. The van der Waals surface area contributed by atoms with Crippen molar-refractivity contribution in [1.82, 2.24) is 0 Å². The first kappa shape index (κ1) is 26.3. The number of ether oxygens (including phenoxy) is 1. The van der Waals surface area contributed by atoms with Crippen LogP contribution in [0.4, 0.5) is 11.4 Å². The van der Waals surface area contributed by atoms with Crippen molar-refractivity contribution >= 4 is 57.9 Å². The maximum absolute atomic E-state index is 13.5. The fraction of sp³-hybridized carbons (Fsp3) is 0.179. The van der Waals surface area contributed by atoms with Gasteiger partial charge in [0.1, 0.15) is 11.5 Å². The van der Waals surface area contributed by atoms with Gasteiger partial charge in [-0.25, -0.2) is 0 Å². The molecule has 0 aliphatic carbocycles. The Morgan fingerprint density at radius 2 is 1.78 bits per heavy atom. The summed E-state index contributed by atoms with van der Waals surface area (Å²) in [6.45, 7) is 3.39. The Bertz CT molecular complexity index is 1430. The Labute approximate surface area is 224 Å². The van der Waals surface area contributed by atoms with Gasteiger partial charge < -0.3 is 15.2 Å². The van der Waals surface area contributed by atoms with E-state index in [1.807, 2.05) is 31.2 Å². The van der Waals surface area contributed by atoms with E-state index in [4.69, 9.17) is 27.9 Å². The topological polar surface area (TPSA) is 95.9 Å². The van der Waals surface area contributed by atoms with Crippen LogP contribution in [0.25, 0.3) is 5.76 Å². The highest BCUT2D eigenvalue weighted by Gasteiger charge is 2.47. The largest absolute Gasteiger partial charge is 0.507 e. The number of hydrogen-bond donors (Lipinski definition) is 2. The van der Waals surface area contributed by atoms with Gasteiger partial charge >= 0.3 is 0 Å². The van der Waals surface area contributed by atoms with Crippen LogP contribution < -0.4 is 15.0 Å². The number of methoxy groups -OCH3 is 1. The zero-order valence-corrected chi connectivity index (χ0v) is 21.9. The molecule has 3 aromatic rings. The molecule has 9 heteroatoms. The zero-order valence-electron chi connectivity index (χ0n) is 20.3. The monoisotopic (exact) mass is 538 g/mol. The van der Waals surface area contributed by atoms with Crippen LogP contribution in [0.1, 0.15) is 36.6 Å². The van der Waals surface area contributed by atoms with E-state index in [1.54, 1.807) is 24.3 Å². The van der Waals surface area contributed by atoms with Gasteiger partial charge in [0.15, 0.2) is 0 Å². The summed E-state index contributed by atoms with van der Waals surface area (Å²) >= 11 is 12.5. The molecular weight excluding hydrogens is 515 g/mol. The number of anilines is 2. The molecule has 2 amide bonds. The molecule has 0 saturated carbocycles. The minimum absolute atomic E-state index is 0.0835. The lowest BCUT2D eigenvalue weighted by atomic mass is 9.94. The van der Waals surface area contributed by atoms with Gasteiger partial charge in [0.2, 0.25) is 5.91 Å². The molecule has 0 bridgehead atoms. The first-order valence-corrected chi connectivity index (χ1v) is 12.2. The zero-order chi connectivity index (χ0) is 26.9. The van der Waals surface area contributed by atoms with Crippen molar-refractivity contribution in [3.63, 3.8) is 0 Å². The van der Waals surface area contributed by atoms with Crippen molar-refractivity contribution in [1.29, 1.82) is 0 Å². The van der Waals surface area contributed by atoms with E-state index in [9.17, 15) is 19.5 Å². The maximum atomic E-state index is 13.5. The molecule has 0 spiro atoms. The number of Topliss-reactive ketones (excluding diaryl/α,β-unsaturated/α-hetero) is 1. The van der Waals surface area contributed by atoms with Crippen molar-refractivity contribution in [2.75, 3.05) is 17.3 Å². The number of carbonyl (C=O) groups excluding carboxylic acids is 3. The third-order valence-corrected chi connectivity index (χ3v) is 6.56. The number of amides is 2. The van der Waals surface area contributed by atoms with Crippen molar-refractivity contribution in [3.05, 3.63) is 93.0 Å². The van der Waals surface area contributed by atoms with Gasteiger partial charge in [-0.2, -0.15) is 0 Å². The first-order valence-electron chi connectivity index (χ1n) is 11.5. The van der Waals surface area contributed by atoms with Gasteiger partial charge in [0.25, 0.3) is 11.7 Å². The molecular formula is C28H24Cl2N2O5. The van der Waals surface area contributed by atoms with E-state index in [0.717, 1.165) is 12.0 Å². The van der Waals surface area contributed by atoms with Gasteiger partial charge in [0, 0.05) is 23.3 Å². The van der Waals surface area contributed by atoms with Gasteiger partial charge in [-0.05, 0) is 47.9 Å². The van der Waals surface area contributed by atoms with Crippen LogP contribution in [0.2, 0.25) is 10.0 Å². The predicted molar refractivity (Wildman–Crippen MR) is 144 cm³/mol. The summed E-state index contributed by atoms with van der Waals surface area (Å²) in [6.07, 6.45) is 0.803. The van der Waals surface area contributed by atoms with E-state index in [2.05, 4.69) is 5.32 Å². The molecule has 1 saturated heterocycles. The maximum Gasteiger partial charge on any atom is 0.300 e. The number of nitrogens with one attached hydrogen (secondary N) is 1. The number of rotatable bonds is 6. The van der Waals surface area contributed by atoms with Gasteiger partial charge in [-0.1, -0.05) is 60.5 Å². The predicted octanol–water partition coefficient (Wildman–Crippen LogP) is 6.15. The highest BCUT2D eigenvalue weighted by molar-refractivity contribution is 6.52. The van der Waals surface area contributed by atoms with Crippen LogP contribution in [0.5, 0.6) is 5.75 Å². The van der Waals surface area contributed by atoms with Crippen molar-refractivity contribution in [2.24, 2.45) is 0 Å². The molecule has 7 nitrogen and oxygen atoms in total. The minimum atomic E-state index is -0.971.